The van der Waals surface area contributed by atoms with E-state index >= 15 is 0 Å². The van der Waals surface area contributed by atoms with Gasteiger partial charge in [0, 0.05) is 24.3 Å². The summed E-state index contributed by atoms with van der Waals surface area (Å²) in [4.78, 5) is 14.5. The average Bonchev–Trinajstić information content (AvgIpc) is 3.00. The smallest absolute Gasteiger partial charge is 0.239 e. The number of carbonyl (C=O) groups is 1. The molecule has 2 aromatic carbocycles. The number of benzene rings is 2. The van der Waals surface area contributed by atoms with Crippen molar-refractivity contribution in [1.29, 1.82) is 0 Å². The zero-order valence-corrected chi connectivity index (χ0v) is 17.5. The third-order valence-electron chi connectivity index (χ3n) is 5.76. The van der Waals surface area contributed by atoms with Crippen molar-refractivity contribution in [3.63, 3.8) is 0 Å². The van der Waals surface area contributed by atoms with E-state index in [1.165, 1.54) is 11.6 Å². The Morgan fingerprint density at radius 3 is 2.73 bits per heavy atom. The Hall–Kier alpha value is -3.15. The van der Waals surface area contributed by atoms with Crippen LogP contribution in [-0.4, -0.2) is 28.8 Å². The molecule has 6 heteroatoms. The highest BCUT2D eigenvalue weighted by atomic mass is 19.1. The first-order chi connectivity index (χ1) is 14.5. The molecule has 0 spiro atoms. The van der Waals surface area contributed by atoms with Crippen molar-refractivity contribution >= 4 is 11.6 Å². The molecular weight excluding hydrogens is 379 g/mol. The fraction of sp³-hybridized carbons (Fsp3) is 0.333. The number of carbonyl (C=O) groups excluding carboxylic acids is 1. The lowest BCUT2D eigenvalue weighted by molar-refractivity contribution is -0.119. The molecule has 0 atom stereocenters. The van der Waals surface area contributed by atoms with Crippen LogP contribution in [0.2, 0.25) is 0 Å². The molecule has 1 amide bonds. The normalized spacial score (nSPS) is 13.2. The Morgan fingerprint density at radius 1 is 1.13 bits per heavy atom. The van der Waals surface area contributed by atoms with Gasteiger partial charge in [-0.1, -0.05) is 42.5 Å². The largest absolute Gasteiger partial charge is 0.360 e. The highest BCUT2D eigenvalue weighted by molar-refractivity contribution is 5.82. The number of nitrogens with zero attached hydrogens (tertiary/aromatic N) is 3. The quantitative estimate of drug-likeness (QED) is 0.678. The number of para-hydroxylation sites is 1. The molecule has 0 saturated heterocycles. The topological polar surface area (TPSA) is 50.2 Å². The molecule has 5 nitrogen and oxygen atoms in total. The van der Waals surface area contributed by atoms with Crippen LogP contribution in [0.1, 0.15) is 34.5 Å². The van der Waals surface area contributed by atoms with Gasteiger partial charge in [0.05, 0.1) is 24.5 Å². The van der Waals surface area contributed by atoms with Gasteiger partial charge in [-0.25, -0.2) is 4.39 Å². The first kappa shape index (κ1) is 20.1. The van der Waals surface area contributed by atoms with Crippen LogP contribution in [0.5, 0.6) is 0 Å². The number of amides is 1. The predicted octanol–water partition coefficient (Wildman–Crippen LogP) is 3.76. The van der Waals surface area contributed by atoms with Gasteiger partial charge in [0.1, 0.15) is 5.82 Å². The summed E-state index contributed by atoms with van der Waals surface area (Å²) < 4.78 is 16.3. The number of anilines is 1. The molecule has 0 saturated carbocycles. The van der Waals surface area contributed by atoms with Crippen molar-refractivity contribution in [3.05, 3.63) is 82.4 Å². The summed E-state index contributed by atoms with van der Waals surface area (Å²) in [6.45, 7) is 5.96. The Bertz CT molecular complexity index is 1040. The summed E-state index contributed by atoms with van der Waals surface area (Å²) in [6.07, 6.45) is 1.78. The Labute approximate surface area is 176 Å². The van der Waals surface area contributed by atoms with Crippen molar-refractivity contribution < 1.29 is 9.18 Å². The lowest BCUT2D eigenvalue weighted by Gasteiger charge is -2.31. The van der Waals surface area contributed by atoms with E-state index in [1.54, 1.807) is 6.07 Å². The van der Waals surface area contributed by atoms with E-state index in [9.17, 15) is 9.18 Å². The second kappa shape index (κ2) is 8.69. The van der Waals surface area contributed by atoms with E-state index in [0.29, 0.717) is 25.3 Å². The van der Waals surface area contributed by atoms with Crippen molar-refractivity contribution in [2.45, 2.75) is 39.8 Å². The van der Waals surface area contributed by atoms with Crippen LogP contribution in [0.15, 0.2) is 48.5 Å². The number of halogens is 1. The fourth-order valence-corrected chi connectivity index (χ4v) is 4.16. The maximum Gasteiger partial charge on any atom is 0.239 e. The number of hydrogen-bond donors (Lipinski definition) is 1. The number of aryl methyl sites for hydroxylation is 2. The number of hydrogen-bond acceptors (Lipinski definition) is 3. The molecule has 0 radical (unpaired) electrons. The molecule has 156 valence electrons. The molecule has 2 heterocycles. The molecule has 0 unspecified atom stereocenters. The molecule has 1 aliphatic heterocycles. The molecule has 1 N–H and O–H groups in total. The van der Waals surface area contributed by atoms with E-state index in [0.717, 1.165) is 35.4 Å². The van der Waals surface area contributed by atoms with Gasteiger partial charge < -0.3 is 10.2 Å². The van der Waals surface area contributed by atoms with Crippen molar-refractivity contribution in [2.24, 2.45) is 0 Å². The minimum absolute atomic E-state index is 0.110. The zero-order valence-electron chi connectivity index (χ0n) is 17.5. The summed E-state index contributed by atoms with van der Waals surface area (Å²) in [6, 6.07) is 15.3. The maximum absolute atomic E-state index is 14.3. The van der Waals surface area contributed by atoms with Crippen molar-refractivity contribution in [3.8, 4) is 0 Å². The van der Waals surface area contributed by atoms with E-state index in [4.69, 9.17) is 0 Å². The van der Waals surface area contributed by atoms with Crippen molar-refractivity contribution in [1.82, 2.24) is 15.1 Å². The van der Waals surface area contributed by atoms with Gasteiger partial charge in [0.25, 0.3) is 0 Å². The SMILES string of the molecule is Cc1nn(Cc2ccccc2)c(C)c1CNC(=O)CN1CCCc2cccc(F)c21. The monoisotopic (exact) mass is 406 g/mol. The predicted molar refractivity (Wildman–Crippen MR) is 116 cm³/mol. The van der Waals surface area contributed by atoms with Crippen LogP contribution in [0.3, 0.4) is 0 Å². The standard InChI is InChI=1S/C24H27FN4O/c1-17-21(18(2)29(27-17)15-19-8-4-3-5-9-19)14-26-23(30)16-28-13-7-11-20-10-6-12-22(25)24(20)28/h3-6,8-10,12H,7,11,13-16H2,1-2H3,(H,26,30). The third-order valence-corrected chi connectivity index (χ3v) is 5.76. The van der Waals surface area contributed by atoms with Crippen LogP contribution < -0.4 is 10.2 Å². The molecular formula is C24H27FN4O. The maximum atomic E-state index is 14.3. The minimum atomic E-state index is -0.256. The molecule has 0 bridgehead atoms. The van der Waals surface area contributed by atoms with Crippen molar-refractivity contribution in [2.75, 3.05) is 18.0 Å². The molecule has 0 aliphatic carbocycles. The van der Waals surface area contributed by atoms with E-state index in [-0.39, 0.29) is 18.3 Å². The number of fused-ring (bicyclic) bond motifs is 1. The lowest BCUT2D eigenvalue weighted by atomic mass is 10.0. The van der Waals surface area contributed by atoms with Crippen LogP contribution in [0.4, 0.5) is 10.1 Å². The summed E-state index contributed by atoms with van der Waals surface area (Å²) in [7, 11) is 0. The third kappa shape index (κ3) is 4.22. The molecule has 3 aromatic rings. The van der Waals surface area contributed by atoms with Gasteiger partial charge >= 0.3 is 0 Å². The summed E-state index contributed by atoms with van der Waals surface area (Å²) in [5.74, 6) is -0.366. The first-order valence-electron chi connectivity index (χ1n) is 10.4. The number of aromatic nitrogens is 2. The molecule has 30 heavy (non-hydrogen) atoms. The van der Waals surface area contributed by atoms with E-state index in [1.807, 2.05) is 47.7 Å². The summed E-state index contributed by atoms with van der Waals surface area (Å²) >= 11 is 0. The van der Waals surface area contributed by atoms with Crippen LogP contribution >= 0.6 is 0 Å². The lowest BCUT2D eigenvalue weighted by Crippen LogP contribution is -2.40. The van der Waals surface area contributed by atoms with E-state index < -0.39 is 0 Å². The fourth-order valence-electron chi connectivity index (χ4n) is 4.16. The molecule has 0 fully saturated rings. The van der Waals surface area contributed by atoms with Crippen LogP contribution in [0, 0.1) is 19.7 Å². The molecule has 1 aromatic heterocycles. The van der Waals surface area contributed by atoms with Gasteiger partial charge in [-0.2, -0.15) is 5.10 Å². The highest BCUT2D eigenvalue weighted by Gasteiger charge is 2.22. The van der Waals surface area contributed by atoms with Gasteiger partial charge in [0.15, 0.2) is 0 Å². The van der Waals surface area contributed by atoms with Gasteiger partial charge in [-0.15, -0.1) is 0 Å². The molecule has 1 aliphatic rings. The van der Waals surface area contributed by atoms with E-state index in [2.05, 4.69) is 22.5 Å². The first-order valence-corrected chi connectivity index (χ1v) is 10.4. The number of nitrogens with one attached hydrogen (secondary N) is 1. The molecule has 4 rings (SSSR count). The number of rotatable bonds is 6. The van der Waals surface area contributed by atoms with Crippen LogP contribution in [-0.2, 0) is 24.3 Å². The van der Waals surface area contributed by atoms with Gasteiger partial charge in [-0.05, 0) is 43.9 Å². The minimum Gasteiger partial charge on any atom is -0.360 e. The van der Waals surface area contributed by atoms with Gasteiger partial charge in [-0.3, -0.25) is 9.48 Å². The Balaban J connectivity index is 1.41. The van der Waals surface area contributed by atoms with Gasteiger partial charge in [0.2, 0.25) is 5.91 Å². The Kier molecular flexibility index (Phi) is 5.84. The second-order valence-corrected chi connectivity index (χ2v) is 7.84. The highest BCUT2D eigenvalue weighted by Crippen LogP contribution is 2.29. The summed E-state index contributed by atoms with van der Waals surface area (Å²) in [5, 5.41) is 7.64. The van der Waals surface area contributed by atoms with Crippen LogP contribution in [0.25, 0.3) is 0 Å². The second-order valence-electron chi connectivity index (χ2n) is 7.84. The average molecular weight is 407 g/mol. The summed E-state index contributed by atoms with van der Waals surface area (Å²) in [5.41, 5.74) is 5.72. The zero-order chi connectivity index (χ0) is 21.1. The Morgan fingerprint density at radius 2 is 1.93 bits per heavy atom.